The summed E-state index contributed by atoms with van der Waals surface area (Å²) < 4.78 is 6.69. The van der Waals surface area contributed by atoms with E-state index in [1.807, 2.05) is 19.1 Å². The average Bonchev–Trinajstić information content (AvgIpc) is 2.68. The van der Waals surface area contributed by atoms with E-state index in [9.17, 15) is 14.9 Å². The average molecular weight is 367 g/mol. The summed E-state index contributed by atoms with van der Waals surface area (Å²) >= 11 is 0. The molecular formula is C20H21N3O4. The van der Waals surface area contributed by atoms with E-state index in [2.05, 4.69) is 5.32 Å². The molecule has 2 aromatic carbocycles. The van der Waals surface area contributed by atoms with Crippen LogP contribution in [0, 0.1) is 10.1 Å². The van der Waals surface area contributed by atoms with E-state index in [0.717, 1.165) is 0 Å². The fourth-order valence-electron chi connectivity index (χ4n) is 3.04. The molecule has 7 nitrogen and oxygen atoms in total. The van der Waals surface area contributed by atoms with Crippen LogP contribution in [0.25, 0.3) is 16.6 Å². The second-order valence-electron chi connectivity index (χ2n) is 5.95. The molecule has 140 valence electrons. The minimum absolute atomic E-state index is 0.254. The van der Waals surface area contributed by atoms with E-state index < -0.39 is 16.2 Å². The van der Waals surface area contributed by atoms with Crippen molar-refractivity contribution in [2.75, 3.05) is 25.1 Å². The molecule has 0 spiro atoms. The Bertz CT molecular complexity index is 999. The van der Waals surface area contributed by atoms with Crippen LogP contribution in [0.3, 0.4) is 0 Å². The van der Waals surface area contributed by atoms with E-state index in [-0.39, 0.29) is 5.69 Å². The number of fused-ring (bicyclic) bond motifs is 1. The zero-order valence-electron chi connectivity index (χ0n) is 15.1. The molecule has 0 unspecified atom stereocenters. The first-order valence-electron chi connectivity index (χ1n) is 8.84. The van der Waals surface area contributed by atoms with Crippen LogP contribution in [-0.4, -0.2) is 29.2 Å². The lowest BCUT2D eigenvalue weighted by Crippen LogP contribution is -2.24. The number of benzene rings is 2. The van der Waals surface area contributed by atoms with Gasteiger partial charge in [-0.3, -0.25) is 19.5 Å². The summed E-state index contributed by atoms with van der Waals surface area (Å²) in [4.78, 5) is 24.2. The molecule has 3 rings (SSSR count). The van der Waals surface area contributed by atoms with Crippen molar-refractivity contribution >= 4 is 22.3 Å². The molecule has 0 fully saturated rings. The Morgan fingerprint density at radius 2 is 1.81 bits per heavy atom. The molecule has 0 amide bonds. The zero-order chi connectivity index (χ0) is 19.2. The van der Waals surface area contributed by atoms with Gasteiger partial charge in [0.1, 0.15) is 5.69 Å². The number of nitrogens with zero attached hydrogens (tertiary/aromatic N) is 2. The van der Waals surface area contributed by atoms with Gasteiger partial charge in [0.05, 0.1) is 10.4 Å². The van der Waals surface area contributed by atoms with Gasteiger partial charge in [0.2, 0.25) is 0 Å². The third kappa shape index (κ3) is 3.83. The van der Waals surface area contributed by atoms with Crippen molar-refractivity contribution in [1.29, 1.82) is 0 Å². The van der Waals surface area contributed by atoms with E-state index in [1.54, 1.807) is 42.5 Å². The topological polar surface area (TPSA) is 86.4 Å². The van der Waals surface area contributed by atoms with Crippen LogP contribution < -0.4 is 10.9 Å². The predicted molar refractivity (Wildman–Crippen MR) is 106 cm³/mol. The predicted octanol–water partition coefficient (Wildman–Crippen LogP) is 3.74. The van der Waals surface area contributed by atoms with Gasteiger partial charge in [-0.25, -0.2) is 0 Å². The maximum absolute atomic E-state index is 13.0. The lowest BCUT2D eigenvalue weighted by atomic mass is 10.1. The lowest BCUT2D eigenvalue weighted by Gasteiger charge is -2.15. The van der Waals surface area contributed by atoms with Crippen LogP contribution in [0.5, 0.6) is 0 Å². The number of pyridine rings is 1. The molecule has 0 saturated carbocycles. The molecule has 0 bridgehead atoms. The maximum Gasteiger partial charge on any atom is 0.357 e. The van der Waals surface area contributed by atoms with Gasteiger partial charge in [-0.2, -0.15) is 0 Å². The monoisotopic (exact) mass is 367 g/mol. The molecule has 1 heterocycles. The highest BCUT2D eigenvalue weighted by Crippen LogP contribution is 2.31. The second kappa shape index (κ2) is 8.46. The Labute approximate surface area is 156 Å². The van der Waals surface area contributed by atoms with E-state index in [1.165, 1.54) is 4.57 Å². The van der Waals surface area contributed by atoms with Crippen molar-refractivity contribution in [1.82, 2.24) is 4.57 Å². The third-order valence-electron chi connectivity index (χ3n) is 4.23. The Morgan fingerprint density at radius 3 is 2.52 bits per heavy atom. The Morgan fingerprint density at radius 1 is 1.11 bits per heavy atom. The Balaban J connectivity index is 2.17. The zero-order valence-corrected chi connectivity index (χ0v) is 15.1. The molecule has 3 aromatic rings. The van der Waals surface area contributed by atoms with Gasteiger partial charge < -0.3 is 10.1 Å². The van der Waals surface area contributed by atoms with Gasteiger partial charge in [-0.05, 0) is 31.5 Å². The number of anilines is 1. The quantitative estimate of drug-likeness (QED) is 0.372. The smallest absolute Gasteiger partial charge is 0.357 e. The highest BCUT2D eigenvalue weighted by Gasteiger charge is 2.26. The molecular weight excluding hydrogens is 346 g/mol. The lowest BCUT2D eigenvalue weighted by molar-refractivity contribution is -0.385. The van der Waals surface area contributed by atoms with Crippen LogP contribution >= 0.6 is 0 Å². The molecule has 27 heavy (non-hydrogen) atoms. The van der Waals surface area contributed by atoms with Crippen molar-refractivity contribution in [2.45, 2.75) is 13.3 Å². The van der Waals surface area contributed by atoms with Crippen molar-refractivity contribution in [3.63, 3.8) is 0 Å². The third-order valence-corrected chi connectivity index (χ3v) is 4.23. The summed E-state index contributed by atoms with van der Waals surface area (Å²) in [6.07, 6.45) is 0.682. The van der Waals surface area contributed by atoms with E-state index >= 15 is 0 Å². The van der Waals surface area contributed by atoms with Crippen molar-refractivity contribution in [2.24, 2.45) is 0 Å². The summed E-state index contributed by atoms with van der Waals surface area (Å²) in [6.45, 7) is 3.56. The number of hydrogen-bond acceptors (Lipinski definition) is 5. The highest BCUT2D eigenvalue weighted by molar-refractivity contribution is 5.97. The van der Waals surface area contributed by atoms with Crippen LogP contribution in [0.15, 0.2) is 59.4 Å². The fraction of sp³-hybridized carbons (Fsp3) is 0.250. The van der Waals surface area contributed by atoms with Crippen molar-refractivity contribution in [3.05, 3.63) is 75.1 Å². The summed E-state index contributed by atoms with van der Waals surface area (Å²) in [6, 6.07) is 16.1. The first-order valence-corrected chi connectivity index (χ1v) is 8.84. The molecule has 0 atom stereocenters. The molecule has 0 aliphatic heterocycles. The van der Waals surface area contributed by atoms with Gasteiger partial charge in [-0.1, -0.05) is 36.4 Å². The number of nitrogens with one attached hydrogen (secondary N) is 1. The van der Waals surface area contributed by atoms with Gasteiger partial charge in [0.15, 0.2) is 0 Å². The van der Waals surface area contributed by atoms with Crippen molar-refractivity contribution in [3.8, 4) is 5.69 Å². The molecule has 0 saturated heterocycles. The molecule has 7 heteroatoms. The molecule has 0 aliphatic rings. The van der Waals surface area contributed by atoms with Crippen LogP contribution in [-0.2, 0) is 4.74 Å². The molecule has 0 radical (unpaired) electrons. The summed E-state index contributed by atoms with van der Waals surface area (Å²) in [5.74, 6) is 0. The Kier molecular flexibility index (Phi) is 5.83. The molecule has 1 N–H and O–H groups in total. The van der Waals surface area contributed by atoms with Gasteiger partial charge in [-0.15, -0.1) is 0 Å². The van der Waals surface area contributed by atoms with Gasteiger partial charge >= 0.3 is 11.2 Å². The first kappa shape index (κ1) is 18.6. The minimum atomic E-state index is -0.655. The van der Waals surface area contributed by atoms with Gasteiger partial charge in [0, 0.05) is 30.8 Å². The number of aromatic nitrogens is 1. The van der Waals surface area contributed by atoms with Gasteiger partial charge in [0.25, 0.3) is 0 Å². The van der Waals surface area contributed by atoms with Crippen LogP contribution in [0.4, 0.5) is 11.4 Å². The minimum Gasteiger partial charge on any atom is -0.382 e. The van der Waals surface area contributed by atoms with E-state index in [0.29, 0.717) is 42.8 Å². The normalized spacial score (nSPS) is 10.9. The second-order valence-corrected chi connectivity index (χ2v) is 5.95. The number of nitro groups is 1. The molecule has 1 aromatic heterocycles. The summed E-state index contributed by atoms with van der Waals surface area (Å²) in [7, 11) is 0. The highest BCUT2D eigenvalue weighted by atomic mass is 16.6. The largest absolute Gasteiger partial charge is 0.382 e. The standard InChI is InChI=1S/C20H21N3O4/c1-2-27-14-8-13-21-18-16-11-6-7-12-17(16)22(15-9-4-3-5-10-15)20(24)19(18)23(25)26/h3-7,9-12,21H,2,8,13-14H2,1H3. The van der Waals surface area contributed by atoms with E-state index in [4.69, 9.17) is 4.74 Å². The first-order chi connectivity index (χ1) is 13.1. The number of rotatable bonds is 8. The maximum atomic E-state index is 13.0. The van der Waals surface area contributed by atoms with Crippen LogP contribution in [0.2, 0.25) is 0 Å². The summed E-state index contributed by atoms with van der Waals surface area (Å²) in [5.41, 5.74) is 0.353. The Hall–Kier alpha value is -3.19. The number of ether oxygens (including phenoxy) is 1. The fourth-order valence-corrected chi connectivity index (χ4v) is 3.04. The van der Waals surface area contributed by atoms with Crippen LogP contribution in [0.1, 0.15) is 13.3 Å². The van der Waals surface area contributed by atoms with Crippen molar-refractivity contribution < 1.29 is 9.66 Å². The number of hydrogen-bond donors (Lipinski definition) is 1. The summed E-state index contributed by atoms with van der Waals surface area (Å²) in [5, 5.41) is 15.4. The SMILES string of the molecule is CCOCCCNc1c([N+](=O)[O-])c(=O)n(-c2ccccc2)c2ccccc12. The molecule has 0 aliphatic carbocycles. The number of para-hydroxylation sites is 2.